The molecule has 250 valence electrons. The summed E-state index contributed by atoms with van der Waals surface area (Å²) in [5.74, 6) is 0.901. The van der Waals surface area contributed by atoms with Crippen LogP contribution in [0.1, 0.15) is 5.56 Å². The van der Waals surface area contributed by atoms with E-state index in [2.05, 4.69) is 194 Å². The van der Waals surface area contributed by atoms with Crippen LogP contribution in [0.5, 0.6) is 0 Å². The van der Waals surface area contributed by atoms with E-state index in [-0.39, 0.29) is 0 Å². The van der Waals surface area contributed by atoms with Gasteiger partial charge < -0.3 is 9.32 Å². The highest BCUT2D eigenvalue weighted by Crippen LogP contribution is 2.41. The predicted molar refractivity (Wildman–Crippen MR) is 224 cm³/mol. The number of hydrogen-bond acceptors (Lipinski definition) is 2. The Morgan fingerprint density at radius 1 is 0.358 bits per heavy atom. The van der Waals surface area contributed by atoms with Crippen LogP contribution in [0.2, 0.25) is 0 Å². The molecule has 10 rings (SSSR count). The van der Waals surface area contributed by atoms with Gasteiger partial charge in [-0.05, 0) is 116 Å². The molecule has 0 aliphatic carbocycles. The number of furan rings is 1. The van der Waals surface area contributed by atoms with Crippen LogP contribution in [0.3, 0.4) is 0 Å². The summed E-state index contributed by atoms with van der Waals surface area (Å²) in [6.07, 6.45) is 0. The van der Waals surface area contributed by atoms with Gasteiger partial charge in [-0.25, -0.2) is 0 Å². The zero-order valence-electron chi connectivity index (χ0n) is 29.3. The lowest BCUT2D eigenvalue weighted by Crippen LogP contribution is -2.10. The highest BCUT2D eigenvalue weighted by molar-refractivity contribution is 6.13. The Bertz CT molecular complexity index is 2950. The summed E-state index contributed by atoms with van der Waals surface area (Å²) >= 11 is 0. The summed E-state index contributed by atoms with van der Waals surface area (Å²) in [6.45, 7) is 2.15. The second-order valence-corrected chi connectivity index (χ2v) is 13.8. The number of benzene rings is 9. The average molecular weight is 678 g/mol. The van der Waals surface area contributed by atoms with Crippen LogP contribution in [0.4, 0.5) is 17.1 Å². The first-order chi connectivity index (χ1) is 26.2. The molecule has 0 bridgehead atoms. The zero-order chi connectivity index (χ0) is 35.3. The molecule has 9 aromatic carbocycles. The molecule has 10 aromatic rings. The average Bonchev–Trinajstić information content (AvgIpc) is 3.57. The zero-order valence-corrected chi connectivity index (χ0v) is 29.3. The van der Waals surface area contributed by atoms with Gasteiger partial charge >= 0.3 is 0 Å². The Hall–Kier alpha value is -6.90. The minimum Gasteiger partial charge on any atom is -0.456 e. The van der Waals surface area contributed by atoms with Gasteiger partial charge in [0.1, 0.15) is 11.3 Å². The molecule has 2 heteroatoms. The van der Waals surface area contributed by atoms with Crippen LogP contribution >= 0.6 is 0 Å². The van der Waals surface area contributed by atoms with E-state index in [4.69, 9.17) is 4.42 Å². The first kappa shape index (κ1) is 30.9. The fourth-order valence-corrected chi connectivity index (χ4v) is 7.94. The first-order valence-electron chi connectivity index (χ1n) is 18.2. The topological polar surface area (TPSA) is 16.4 Å². The molecule has 1 aromatic heterocycles. The lowest BCUT2D eigenvalue weighted by Gasteiger charge is -2.26. The van der Waals surface area contributed by atoms with Crippen LogP contribution in [0.15, 0.2) is 199 Å². The van der Waals surface area contributed by atoms with E-state index in [1.165, 1.54) is 54.6 Å². The Morgan fingerprint density at radius 2 is 0.962 bits per heavy atom. The molecular formula is C51H35NO. The van der Waals surface area contributed by atoms with Crippen molar-refractivity contribution in [3.63, 3.8) is 0 Å². The van der Waals surface area contributed by atoms with Crippen LogP contribution in [0.25, 0.3) is 76.9 Å². The van der Waals surface area contributed by atoms with Gasteiger partial charge in [-0.2, -0.15) is 0 Å². The van der Waals surface area contributed by atoms with Crippen molar-refractivity contribution in [2.24, 2.45) is 0 Å². The number of para-hydroxylation sites is 1. The van der Waals surface area contributed by atoms with E-state index in [1.807, 2.05) is 12.1 Å². The van der Waals surface area contributed by atoms with E-state index in [1.54, 1.807) is 0 Å². The van der Waals surface area contributed by atoms with Gasteiger partial charge in [-0.3, -0.25) is 0 Å². The maximum atomic E-state index is 6.44. The summed E-state index contributed by atoms with van der Waals surface area (Å²) in [6, 6.07) is 69.8. The van der Waals surface area contributed by atoms with Crippen LogP contribution in [-0.4, -0.2) is 0 Å². The minimum absolute atomic E-state index is 0.901. The smallest absolute Gasteiger partial charge is 0.138 e. The van der Waals surface area contributed by atoms with Gasteiger partial charge in [-0.15, -0.1) is 0 Å². The van der Waals surface area contributed by atoms with Crippen molar-refractivity contribution in [3.8, 4) is 33.6 Å². The summed E-state index contributed by atoms with van der Waals surface area (Å²) in [4.78, 5) is 2.34. The van der Waals surface area contributed by atoms with Crippen molar-refractivity contribution >= 4 is 60.3 Å². The molecular weight excluding hydrogens is 643 g/mol. The van der Waals surface area contributed by atoms with E-state index >= 15 is 0 Å². The molecule has 0 radical (unpaired) electrons. The Labute approximate surface area is 308 Å². The molecule has 0 fully saturated rings. The second kappa shape index (κ2) is 12.7. The SMILES string of the molecule is Cc1c(-c2cccc(N(c3ccc(-c4ccc5ccccc5c4)cc3)c3ccc(-c4cc5ccccc5c5ccccc45)cc3)c2)oc2ccccc12. The number of hydrogen-bond donors (Lipinski definition) is 0. The molecule has 0 spiro atoms. The lowest BCUT2D eigenvalue weighted by atomic mass is 9.93. The summed E-state index contributed by atoms with van der Waals surface area (Å²) in [7, 11) is 0. The molecule has 0 saturated carbocycles. The molecule has 53 heavy (non-hydrogen) atoms. The third-order valence-electron chi connectivity index (χ3n) is 10.6. The predicted octanol–water partition coefficient (Wildman–Crippen LogP) is 14.7. The molecule has 2 nitrogen and oxygen atoms in total. The minimum atomic E-state index is 0.901. The second-order valence-electron chi connectivity index (χ2n) is 13.8. The van der Waals surface area contributed by atoms with Gasteiger partial charge in [0, 0.05) is 33.6 Å². The number of fused-ring (bicyclic) bond motifs is 5. The van der Waals surface area contributed by atoms with Gasteiger partial charge in [0.15, 0.2) is 0 Å². The third-order valence-corrected chi connectivity index (χ3v) is 10.6. The molecule has 0 atom stereocenters. The fourth-order valence-electron chi connectivity index (χ4n) is 7.94. The first-order valence-corrected chi connectivity index (χ1v) is 18.2. The Morgan fingerprint density at radius 3 is 1.72 bits per heavy atom. The van der Waals surface area contributed by atoms with E-state index < -0.39 is 0 Å². The summed E-state index contributed by atoms with van der Waals surface area (Å²) in [5, 5.41) is 8.69. The Kier molecular flexibility index (Phi) is 7.40. The Balaban J connectivity index is 1.09. The van der Waals surface area contributed by atoms with E-state index in [0.717, 1.165) is 44.9 Å². The maximum absolute atomic E-state index is 6.44. The standard InChI is InChI=1S/C51H35NO/c1-34-45-16-8-9-20-50(45)53-51(34)41-14-10-15-44(32-41)52(42-27-23-36(24-28-42)39-22-21-35-11-2-3-12-38(35)31-39)43-29-25-37(26-30-43)49-33-40-13-4-5-17-46(40)47-18-6-7-19-48(47)49/h2-33H,1H3. The van der Waals surface area contributed by atoms with Gasteiger partial charge in [0.2, 0.25) is 0 Å². The molecule has 0 unspecified atom stereocenters. The van der Waals surface area contributed by atoms with Gasteiger partial charge in [0.25, 0.3) is 0 Å². The fraction of sp³-hybridized carbons (Fsp3) is 0.0196. The number of aryl methyl sites for hydroxylation is 1. The van der Waals surface area contributed by atoms with Crippen LogP contribution in [0, 0.1) is 6.92 Å². The quantitative estimate of drug-likeness (QED) is 0.163. The lowest BCUT2D eigenvalue weighted by molar-refractivity contribution is 0.629. The monoisotopic (exact) mass is 677 g/mol. The number of rotatable bonds is 6. The number of nitrogens with zero attached hydrogens (tertiary/aromatic N) is 1. The largest absolute Gasteiger partial charge is 0.456 e. The normalized spacial score (nSPS) is 11.5. The highest BCUT2D eigenvalue weighted by atomic mass is 16.3. The highest BCUT2D eigenvalue weighted by Gasteiger charge is 2.18. The van der Waals surface area contributed by atoms with Crippen molar-refractivity contribution < 1.29 is 4.42 Å². The molecule has 0 N–H and O–H groups in total. The molecule has 0 aliphatic rings. The summed E-state index contributed by atoms with van der Waals surface area (Å²) < 4.78 is 6.44. The van der Waals surface area contributed by atoms with Crippen molar-refractivity contribution in [1.82, 2.24) is 0 Å². The van der Waals surface area contributed by atoms with E-state index in [0.29, 0.717) is 0 Å². The van der Waals surface area contributed by atoms with Crippen LogP contribution in [-0.2, 0) is 0 Å². The van der Waals surface area contributed by atoms with Crippen molar-refractivity contribution in [1.29, 1.82) is 0 Å². The van der Waals surface area contributed by atoms with Gasteiger partial charge in [0.05, 0.1) is 0 Å². The summed E-state index contributed by atoms with van der Waals surface area (Å²) in [5.41, 5.74) is 11.1. The van der Waals surface area contributed by atoms with Gasteiger partial charge in [-0.1, -0.05) is 140 Å². The molecule has 0 amide bonds. The van der Waals surface area contributed by atoms with Crippen molar-refractivity contribution in [3.05, 3.63) is 200 Å². The molecule has 1 heterocycles. The van der Waals surface area contributed by atoms with Crippen molar-refractivity contribution in [2.45, 2.75) is 6.92 Å². The van der Waals surface area contributed by atoms with E-state index in [9.17, 15) is 0 Å². The number of anilines is 3. The molecule has 0 aliphatic heterocycles. The van der Waals surface area contributed by atoms with Crippen LogP contribution < -0.4 is 4.90 Å². The third kappa shape index (κ3) is 5.44. The maximum Gasteiger partial charge on any atom is 0.138 e. The van der Waals surface area contributed by atoms with Crippen molar-refractivity contribution in [2.75, 3.05) is 4.90 Å². The molecule has 0 saturated heterocycles.